The predicted molar refractivity (Wildman–Crippen MR) is 82.2 cm³/mol. The molecule has 0 saturated heterocycles. The molecule has 0 aliphatic rings. The number of nitrogens with zero attached hydrogens (tertiary/aromatic N) is 4. The first-order valence-electron chi connectivity index (χ1n) is 7.22. The standard InChI is InChI=1S/C15H13F3N6O/c16-15(17,18)13-23-12(24-25-13)10-7-20-14(21-8-10)22-11(6-19)9-4-2-1-3-5-9/h1-5,7-8,11H,6,19H2,(H,20,21,22). The van der Waals surface area contributed by atoms with E-state index in [2.05, 4.69) is 29.9 Å². The second-order valence-corrected chi connectivity index (χ2v) is 5.06. The lowest BCUT2D eigenvalue weighted by atomic mass is 10.1. The maximum atomic E-state index is 12.5. The smallest absolute Gasteiger partial charge is 0.346 e. The number of nitrogens with one attached hydrogen (secondary N) is 1. The summed E-state index contributed by atoms with van der Waals surface area (Å²) in [6, 6.07) is 9.29. The number of aromatic nitrogens is 4. The lowest BCUT2D eigenvalue weighted by Gasteiger charge is -2.17. The molecule has 2 heterocycles. The van der Waals surface area contributed by atoms with Crippen molar-refractivity contribution in [1.82, 2.24) is 20.1 Å². The first-order chi connectivity index (χ1) is 12.0. The zero-order valence-corrected chi connectivity index (χ0v) is 12.7. The second-order valence-electron chi connectivity index (χ2n) is 5.06. The van der Waals surface area contributed by atoms with E-state index < -0.39 is 12.1 Å². The average Bonchev–Trinajstić information content (AvgIpc) is 3.11. The highest BCUT2D eigenvalue weighted by Crippen LogP contribution is 2.29. The molecule has 10 heteroatoms. The van der Waals surface area contributed by atoms with Crippen molar-refractivity contribution in [3.63, 3.8) is 0 Å². The van der Waals surface area contributed by atoms with Gasteiger partial charge in [0.05, 0.1) is 11.6 Å². The quantitative estimate of drug-likeness (QED) is 0.729. The Hall–Kier alpha value is -3.01. The molecule has 7 nitrogen and oxygen atoms in total. The van der Waals surface area contributed by atoms with Gasteiger partial charge in [-0.1, -0.05) is 35.5 Å². The number of benzene rings is 1. The molecule has 0 bridgehead atoms. The predicted octanol–water partition coefficient (Wildman–Crippen LogP) is 2.66. The molecule has 0 aliphatic carbocycles. The largest absolute Gasteiger partial charge is 0.471 e. The van der Waals surface area contributed by atoms with E-state index in [4.69, 9.17) is 5.73 Å². The molecule has 0 spiro atoms. The van der Waals surface area contributed by atoms with Crippen LogP contribution in [-0.4, -0.2) is 26.7 Å². The Morgan fingerprint density at radius 2 is 1.80 bits per heavy atom. The van der Waals surface area contributed by atoms with Crippen LogP contribution < -0.4 is 11.1 Å². The Balaban J connectivity index is 1.75. The molecular formula is C15H13F3N6O. The number of alkyl halides is 3. The average molecular weight is 350 g/mol. The molecule has 0 amide bonds. The Labute approximate surface area is 140 Å². The minimum absolute atomic E-state index is 0.200. The van der Waals surface area contributed by atoms with Gasteiger partial charge < -0.3 is 15.6 Å². The van der Waals surface area contributed by atoms with Crippen LogP contribution in [0.5, 0.6) is 0 Å². The number of halogens is 3. The van der Waals surface area contributed by atoms with Crippen molar-refractivity contribution in [3.05, 3.63) is 54.2 Å². The zero-order valence-electron chi connectivity index (χ0n) is 12.7. The van der Waals surface area contributed by atoms with Gasteiger partial charge in [-0.05, 0) is 5.56 Å². The van der Waals surface area contributed by atoms with Crippen LogP contribution in [0.2, 0.25) is 0 Å². The van der Waals surface area contributed by atoms with Gasteiger partial charge >= 0.3 is 12.1 Å². The van der Waals surface area contributed by atoms with Gasteiger partial charge in [-0.2, -0.15) is 18.2 Å². The third-order valence-corrected chi connectivity index (χ3v) is 3.32. The molecule has 0 saturated carbocycles. The van der Waals surface area contributed by atoms with Gasteiger partial charge in [0.2, 0.25) is 11.8 Å². The minimum Gasteiger partial charge on any atom is -0.346 e. The van der Waals surface area contributed by atoms with Gasteiger partial charge in [0.15, 0.2) is 0 Å². The molecule has 1 unspecified atom stereocenters. The fourth-order valence-electron chi connectivity index (χ4n) is 2.09. The number of hydrogen-bond donors (Lipinski definition) is 2. The van der Waals surface area contributed by atoms with Crippen molar-refractivity contribution in [1.29, 1.82) is 0 Å². The van der Waals surface area contributed by atoms with E-state index in [0.29, 0.717) is 6.54 Å². The Kier molecular flexibility index (Phi) is 4.61. The fraction of sp³-hybridized carbons (Fsp3) is 0.200. The number of nitrogens with two attached hydrogens (primary N) is 1. The number of anilines is 1. The van der Waals surface area contributed by atoms with Crippen molar-refractivity contribution in [3.8, 4) is 11.4 Å². The van der Waals surface area contributed by atoms with E-state index in [0.717, 1.165) is 5.56 Å². The molecular weight excluding hydrogens is 337 g/mol. The minimum atomic E-state index is -4.70. The first kappa shape index (κ1) is 16.8. The van der Waals surface area contributed by atoms with Crippen LogP contribution in [0.4, 0.5) is 19.1 Å². The summed E-state index contributed by atoms with van der Waals surface area (Å²) in [5.74, 6) is -1.38. The molecule has 0 aliphatic heterocycles. The topological polar surface area (TPSA) is 103 Å². The fourth-order valence-corrected chi connectivity index (χ4v) is 2.09. The molecule has 2 aromatic heterocycles. The second kappa shape index (κ2) is 6.85. The summed E-state index contributed by atoms with van der Waals surface area (Å²) in [5.41, 5.74) is 6.93. The highest BCUT2D eigenvalue weighted by molar-refractivity contribution is 5.52. The normalized spacial score (nSPS) is 12.8. The maximum absolute atomic E-state index is 12.5. The Bertz CT molecular complexity index is 819. The Morgan fingerprint density at radius 1 is 1.12 bits per heavy atom. The molecule has 3 rings (SSSR count). The van der Waals surface area contributed by atoms with Gasteiger partial charge in [-0.25, -0.2) is 9.97 Å². The summed E-state index contributed by atoms with van der Waals surface area (Å²) in [5, 5.41) is 6.34. The molecule has 1 aromatic carbocycles. The summed E-state index contributed by atoms with van der Waals surface area (Å²) in [6.07, 6.45) is -2.09. The van der Waals surface area contributed by atoms with Crippen molar-refractivity contribution >= 4 is 5.95 Å². The van der Waals surface area contributed by atoms with Gasteiger partial charge in [0, 0.05) is 18.9 Å². The maximum Gasteiger partial charge on any atom is 0.471 e. The van der Waals surface area contributed by atoms with E-state index in [1.165, 1.54) is 12.4 Å². The summed E-state index contributed by atoms with van der Waals surface area (Å²) >= 11 is 0. The van der Waals surface area contributed by atoms with E-state index in [1.807, 2.05) is 30.3 Å². The van der Waals surface area contributed by atoms with Crippen LogP contribution in [0.3, 0.4) is 0 Å². The summed E-state index contributed by atoms with van der Waals surface area (Å²) < 4.78 is 41.6. The van der Waals surface area contributed by atoms with E-state index >= 15 is 0 Å². The molecule has 3 aromatic rings. The molecule has 0 fully saturated rings. The summed E-state index contributed by atoms with van der Waals surface area (Å²) in [4.78, 5) is 11.4. The Morgan fingerprint density at radius 3 is 2.36 bits per heavy atom. The van der Waals surface area contributed by atoms with E-state index in [-0.39, 0.29) is 23.4 Å². The third-order valence-electron chi connectivity index (χ3n) is 3.32. The third kappa shape index (κ3) is 3.91. The molecule has 3 N–H and O–H groups in total. The van der Waals surface area contributed by atoms with Gasteiger partial charge in [0.1, 0.15) is 0 Å². The van der Waals surface area contributed by atoms with Crippen molar-refractivity contribution in [2.24, 2.45) is 5.73 Å². The number of hydrogen-bond acceptors (Lipinski definition) is 7. The van der Waals surface area contributed by atoms with Crippen LogP contribution in [0.25, 0.3) is 11.4 Å². The van der Waals surface area contributed by atoms with Crippen LogP contribution in [0.1, 0.15) is 17.5 Å². The van der Waals surface area contributed by atoms with Gasteiger partial charge in [-0.3, -0.25) is 0 Å². The van der Waals surface area contributed by atoms with Crippen molar-refractivity contribution in [2.45, 2.75) is 12.2 Å². The molecule has 1 atom stereocenters. The molecule has 0 radical (unpaired) electrons. The SMILES string of the molecule is NCC(Nc1ncc(-c2noc(C(F)(F)F)n2)cn1)c1ccccc1. The van der Waals surface area contributed by atoms with Crippen LogP contribution in [-0.2, 0) is 6.18 Å². The van der Waals surface area contributed by atoms with Gasteiger partial charge in [-0.15, -0.1) is 0 Å². The highest BCUT2D eigenvalue weighted by atomic mass is 19.4. The van der Waals surface area contributed by atoms with Crippen molar-refractivity contribution in [2.75, 3.05) is 11.9 Å². The van der Waals surface area contributed by atoms with E-state index in [1.54, 1.807) is 0 Å². The van der Waals surface area contributed by atoms with Crippen LogP contribution in [0, 0.1) is 0 Å². The highest BCUT2D eigenvalue weighted by Gasteiger charge is 2.38. The monoisotopic (exact) mass is 350 g/mol. The van der Waals surface area contributed by atoms with Gasteiger partial charge in [0.25, 0.3) is 0 Å². The summed E-state index contributed by atoms with van der Waals surface area (Å²) in [6.45, 7) is 0.314. The lowest BCUT2D eigenvalue weighted by molar-refractivity contribution is -0.159. The first-order valence-corrected chi connectivity index (χ1v) is 7.22. The van der Waals surface area contributed by atoms with Crippen molar-refractivity contribution < 1.29 is 17.7 Å². The zero-order chi connectivity index (χ0) is 17.9. The van der Waals surface area contributed by atoms with Crippen LogP contribution >= 0.6 is 0 Å². The summed E-state index contributed by atoms with van der Waals surface area (Å²) in [7, 11) is 0. The molecule has 130 valence electrons. The lowest BCUT2D eigenvalue weighted by Crippen LogP contribution is -2.21. The molecule has 25 heavy (non-hydrogen) atoms. The van der Waals surface area contributed by atoms with E-state index in [9.17, 15) is 13.2 Å². The van der Waals surface area contributed by atoms with Crippen LogP contribution in [0.15, 0.2) is 47.2 Å². The number of rotatable bonds is 5.